The van der Waals surface area contributed by atoms with Crippen molar-refractivity contribution >= 4 is 39.2 Å². The van der Waals surface area contributed by atoms with Gasteiger partial charge in [0.15, 0.2) is 0 Å². The highest BCUT2D eigenvalue weighted by Crippen LogP contribution is 2.32. The number of carbonyl (C=O) groups excluding carboxylic acids is 1. The van der Waals surface area contributed by atoms with Crippen LogP contribution in [0.25, 0.3) is 10.2 Å². The van der Waals surface area contributed by atoms with E-state index in [1.807, 2.05) is 0 Å². The third kappa shape index (κ3) is 2.58. The van der Waals surface area contributed by atoms with E-state index in [1.165, 1.54) is 23.0 Å². The fraction of sp³-hybridized carbons (Fsp3) is 0.364. The van der Waals surface area contributed by atoms with Crippen LogP contribution in [-0.4, -0.2) is 21.1 Å². The van der Waals surface area contributed by atoms with Gasteiger partial charge in [0.05, 0.1) is 5.25 Å². The largest absolute Gasteiger partial charge is 0.369 e. The lowest BCUT2D eigenvalue weighted by molar-refractivity contribution is -0.117. The van der Waals surface area contributed by atoms with Crippen molar-refractivity contribution in [3.8, 4) is 0 Å². The minimum absolute atomic E-state index is 0.280. The Morgan fingerprint density at radius 3 is 3.00 bits per heavy atom. The Morgan fingerprint density at radius 1 is 1.59 bits per heavy atom. The fourth-order valence-electron chi connectivity index (χ4n) is 1.38. The van der Waals surface area contributed by atoms with Gasteiger partial charge in [0.25, 0.3) is 0 Å². The number of thiophene rings is 1. The second-order valence-corrected chi connectivity index (χ2v) is 6.07. The van der Waals surface area contributed by atoms with Gasteiger partial charge in [-0.3, -0.25) is 4.79 Å². The van der Waals surface area contributed by atoms with E-state index < -0.39 is 0 Å². The molecule has 0 aliphatic carbocycles. The number of aromatic nitrogens is 2. The van der Waals surface area contributed by atoms with Crippen LogP contribution in [0.15, 0.2) is 17.4 Å². The Morgan fingerprint density at radius 2 is 2.35 bits per heavy atom. The van der Waals surface area contributed by atoms with E-state index in [2.05, 4.69) is 23.0 Å². The number of carbonyl (C=O) groups is 1. The number of thioether (sulfide) groups is 1. The molecule has 17 heavy (non-hydrogen) atoms. The third-order valence-corrected chi connectivity index (χ3v) is 4.70. The summed E-state index contributed by atoms with van der Waals surface area (Å²) in [5, 5.41) is 1.57. The maximum Gasteiger partial charge on any atom is 0.230 e. The van der Waals surface area contributed by atoms with Gasteiger partial charge in [-0.2, -0.15) is 0 Å². The van der Waals surface area contributed by atoms with Gasteiger partial charge in [0.2, 0.25) is 5.91 Å². The topological polar surface area (TPSA) is 68.9 Å². The van der Waals surface area contributed by atoms with Crippen LogP contribution in [0.4, 0.5) is 0 Å². The lowest BCUT2D eigenvalue weighted by Crippen LogP contribution is -2.22. The van der Waals surface area contributed by atoms with E-state index in [9.17, 15) is 4.79 Å². The van der Waals surface area contributed by atoms with Crippen molar-refractivity contribution in [2.24, 2.45) is 5.73 Å². The summed E-state index contributed by atoms with van der Waals surface area (Å²) in [5.41, 5.74) is 5.26. The molecular formula is C11H13N3OS2. The predicted molar refractivity (Wildman–Crippen MR) is 71.3 cm³/mol. The number of nitrogens with zero attached hydrogens (tertiary/aromatic N) is 2. The molecule has 0 fully saturated rings. The highest BCUT2D eigenvalue weighted by molar-refractivity contribution is 8.00. The summed E-state index contributed by atoms with van der Waals surface area (Å²) >= 11 is 3.05. The lowest BCUT2D eigenvalue weighted by Gasteiger charge is -2.06. The molecule has 0 aromatic carbocycles. The van der Waals surface area contributed by atoms with Gasteiger partial charge in [-0.05, 0) is 19.4 Å². The van der Waals surface area contributed by atoms with Gasteiger partial charge in [0, 0.05) is 10.3 Å². The van der Waals surface area contributed by atoms with Crippen LogP contribution < -0.4 is 5.73 Å². The summed E-state index contributed by atoms with van der Waals surface area (Å²) in [4.78, 5) is 21.8. The van der Waals surface area contributed by atoms with Crippen molar-refractivity contribution in [2.75, 3.05) is 0 Å². The Bertz CT molecular complexity index is 553. The average molecular weight is 267 g/mol. The van der Waals surface area contributed by atoms with E-state index in [0.29, 0.717) is 0 Å². The molecule has 0 aliphatic rings. The molecule has 2 rings (SSSR count). The summed E-state index contributed by atoms with van der Waals surface area (Å²) in [7, 11) is 0. The number of amides is 1. The van der Waals surface area contributed by atoms with Crippen molar-refractivity contribution < 1.29 is 4.79 Å². The van der Waals surface area contributed by atoms with Crippen molar-refractivity contribution in [2.45, 2.75) is 30.5 Å². The van der Waals surface area contributed by atoms with Gasteiger partial charge >= 0.3 is 0 Å². The Kier molecular flexibility index (Phi) is 3.63. The Balaban J connectivity index is 2.39. The quantitative estimate of drug-likeness (QED) is 0.681. The SMILES string of the molecule is CCc1cc2c(SC(C)C(N)=O)ncnc2s1. The molecule has 1 atom stereocenters. The minimum Gasteiger partial charge on any atom is -0.369 e. The molecular weight excluding hydrogens is 254 g/mol. The summed E-state index contributed by atoms with van der Waals surface area (Å²) in [6.45, 7) is 3.89. The first-order chi connectivity index (χ1) is 8.11. The number of hydrogen-bond acceptors (Lipinski definition) is 5. The first-order valence-electron chi connectivity index (χ1n) is 5.31. The molecule has 2 aromatic heterocycles. The molecule has 2 heterocycles. The van der Waals surface area contributed by atoms with Crippen molar-refractivity contribution in [3.63, 3.8) is 0 Å². The zero-order valence-electron chi connectivity index (χ0n) is 9.64. The molecule has 0 bridgehead atoms. The normalized spacial score (nSPS) is 12.8. The summed E-state index contributed by atoms with van der Waals surface area (Å²) in [6.07, 6.45) is 2.52. The number of aryl methyl sites for hydroxylation is 1. The maximum absolute atomic E-state index is 11.1. The summed E-state index contributed by atoms with van der Waals surface area (Å²) in [5.74, 6) is -0.326. The van der Waals surface area contributed by atoms with Gasteiger partial charge in [-0.1, -0.05) is 18.7 Å². The molecule has 0 radical (unpaired) electrons. The average Bonchev–Trinajstić information content (AvgIpc) is 2.72. The third-order valence-electron chi connectivity index (χ3n) is 2.38. The molecule has 2 N–H and O–H groups in total. The molecule has 2 aromatic rings. The second kappa shape index (κ2) is 5.01. The van der Waals surface area contributed by atoms with Gasteiger partial charge in [-0.15, -0.1) is 11.3 Å². The second-order valence-electron chi connectivity index (χ2n) is 3.63. The number of hydrogen-bond donors (Lipinski definition) is 1. The van der Waals surface area contributed by atoms with Gasteiger partial charge in [-0.25, -0.2) is 9.97 Å². The molecule has 1 amide bonds. The van der Waals surface area contributed by atoms with Crippen LogP contribution in [0, 0.1) is 0 Å². The number of primary amides is 1. The standard InChI is InChI=1S/C11H13N3OS2/c1-3-7-4-8-10(16-6(2)9(12)15)13-5-14-11(8)17-7/h4-6H,3H2,1-2H3,(H2,12,15). The minimum atomic E-state index is -0.326. The highest BCUT2D eigenvalue weighted by atomic mass is 32.2. The maximum atomic E-state index is 11.1. The van der Waals surface area contributed by atoms with Crippen LogP contribution in [-0.2, 0) is 11.2 Å². The predicted octanol–water partition coefficient (Wildman–Crippen LogP) is 2.22. The molecule has 4 nitrogen and oxygen atoms in total. The molecule has 1 unspecified atom stereocenters. The van der Waals surface area contributed by atoms with Gasteiger partial charge < -0.3 is 5.73 Å². The number of fused-ring (bicyclic) bond motifs is 1. The summed E-state index contributed by atoms with van der Waals surface area (Å²) < 4.78 is 0. The summed E-state index contributed by atoms with van der Waals surface area (Å²) in [6, 6.07) is 2.09. The van der Waals surface area contributed by atoms with E-state index in [1.54, 1.807) is 18.3 Å². The zero-order chi connectivity index (χ0) is 12.4. The molecule has 0 saturated heterocycles. The van der Waals surface area contributed by atoms with E-state index in [-0.39, 0.29) is 11.2 Å². The first-order valence-corrected chi connectivity index (χ1v) is 7.00. The Hall–Kier alpha value is -1.14. The first kappa shape index (κ1) is 12.3. The van der Waals surface area contributed by atoms with E-state index in [4.69, 9.17) is 5.73 Å². The van der Waals surface area contributed by atoms with Crippen LogP contribution in [0.2, 0.25) is 0 Å². The molecule has 0 spiro atoms. The van der Waals surface area contributed by atoms with Crippen molar-refractivity contribution in [3.05, 3.63) is 17.3 Å². The molecule has 0 aliphatic heterocycles. The number of nitrogens with two attached hydrogens (primary N) is 1. The van der Waals surface area contributed by atoms with Crippen LogP contribution in [0.5, 0.6) is 0 Å². The smallest absolute Gasteiger partial charge is 0.230 e. The van der Waals surface area contributed by atoms with Crippen molar-refractivity contribution in [1.29, 1.82) is 0 Å². The lowest BCUT2D eigenvalue weighted by atomic mass is 10.3. The van der Waals surface area contributed by atoms with Crippen LogP contribution >= 0.6 is 23.1 Å². The highest BCUT2D eigenvalue weighted by Gasteiger charge is 2.15. The molecule has 6 heteroatoms. The van der Waals surface area contributed by atoms with E-state index in [0.717, 1.165) is 21.7 Å². The molecule has 0 saturated carbocycles. The monoisotopic (exact) mass is 267 g/mol. The number of rotatable bonds is 4. The Labute approximate surface area is 108 Å². The van der Waals surface area contributed by atoms with Gasteiger partial charge in [0.1, 0.15) is 16.2 Å². The zero-order valence-corrected chi connectivity index (χ0v) is 11.3. The van der Waals surface area contributed by atoms with Crippen LogP contribution in [0.3, 0.4) is 0 Å². The van der Waals surface area contributed by atoms with E-state index >= 15 is 0 Å². The van der Waals surface area contributed by atoms with Crippen molar-refractivity contribution in [1.82, 2.24) is 9.97 Å². The molecule has 90 valence electrons. The van der Waals surface area contributed by atoms with Crippen LogP contribution in [0.1, 0.15) is 18.7 Å². The fourth-order valence-corrected chi connectivity index (χ4v) is 3.22.